The van der Waals surface area contributed by atoms with Crippen LogP contribution in [-0.2, 0) is 0 Å². The Morgan fingerprint density at radius 3 is 2.57 bits per heavy atom. The van der Waals surface area contributed by atoms with Crippen LogP contribution in [0.5, 0.6) is 0 Å². The zero-order valence-corrected chi connectivity index (χ0v) is 13.6. The van der Waals surface area contributed by atoms with Gasteiger partial charge in [0.15, 0.2) is 5.11 Å². The van der Waals surface area contributed by atoms with Crippen molar-refractivity contribution in [3.05, 3.63) is 63.6 Å². The molecule has 6 heteroatoms. The molecule has 2 rings (SSSR count). The maximum Gasteiger partial charge on any atom is 0.191 e. The normalized spacial score (nSPS) is 10.6. The number of hydrazone groups is 1. The van der Waals surface area contributed by atoms with Gasteiger partial charge in [0.25, 0.3) is 0 Å². The highest BCUT2D eigenvalue weighted by Gasteiger charge is 2.01. The minimum absolute atomic E-state index is 0.397. The van der Waals surface area contributed by atoms with Gasteiger partial charge in [-0.2, -0.15) is 5.10 Å². The second kappa shape index (κ2) is 7.41. The predicted octanol–water partition coefficient (Wildman–Crippen LogP) is 4.62. The molecule has 0 aliphatic heterocycles. The zero-order valence-electron chi connectivity index (χ0n) is 11.2. The maximum atomic E-state index is 6.05. The van der Waals surface area contributed by atoms with Crippen LogP contribution in [-0.4, -0.2) is 11.3 Å². The molecule has 0 heterocycles. The molecule has 0 aromatic heterocycles. The standard InChI is InChI=1S/C15H13Cl2N3S/c1-10-5-7-12(8-6-10)19-15(21)20-18-9-11-3-2-4-13(16)14(11)17/h2-9H,1H3,(H2,19,20,21). The van der Waals surface area contributed by atoms with E-state index in [1.54, 1.807) is 18.3 Å². The molecule has 0 bridgehead atoms. The molecule has 0 spiro atoms. The number of benzene rings is 2. The van der Waals surface area contributed by atoms with Gasteiger partial charge < -0.3 is 5.32 Å². The molecule has 2 aromatic carbocycles. The summed E-state index contributed by atoms with van der Waals surface area (Å²) in [6, 6.07) is 13.2. The van der Waals surface area contributed by atoms with Crippen molar-refractivity contribution in [3.63, 3.8) is 0 Å². The van der Waals surface area contributed by atoms with Crippen molar-refractivity contribution in [2.45, 2.75) is 6.92 Å². The number of anilines is 1. The number of halogens is 2. The van der Waals surface area contributed by atoms with Crippen LogP contribution in [0, 0.1) is 6.92 Å². The second-order valence-corrected chi connectivity index (χ2v) is 5.53. The first-order valence-corrected chi connectivity index (χ1v) is 7.33. The van der Waals surface area contributed by atoms with E-state index in [1.807, 2.05) is 37.3 Å². The topological polar surface area (TPSA) is 36.4 Å². The fourth-order valence-corrected chi connectivity index (χ4v) is 2.10. The molecule has 0 aliphatic rings. The van der Waals surface area contributed by atoms with Gasteiger partial charge in [0, 0.05) is 11.3 Å². The molecule has 0 radical (unpaired) electrons. The van der Waals surface area contributed by atoms with E-state index in [0.29, 0.717) is 15.2 Å². The summed E-state index contributed by atoms with van der Waals surface area (Å²) in [5.41, 5.74) is 5.53. The summed E-state index contributed by atoms with van der Waals surface area (Å²) in [4.78, 5) is 0. The molecule has 21 heavy (non-hydrogen) atoms. The third-order valence-electron chi connectivity index (χ3n) is 2.66. The number of rotatable bonds is 3. The largest absolute Gasteiger partial charge is 0.331 e. The van der Waals surface area contributed by atoms with Gasteiger partial charge in [0.05, 0.1) is 16.3 Å². The summed E-state index contributed by atoms with van der Waals surface area (Å²) in [5, 5.41) is 8.41. The first-order valence-electron chi connectivity index (χ1n) is 6.17. The Bertz CT molecular complexity index is 669. The van der Waals surface area contributed by atoms with Crippen molar-refractivity contribution in [3.8, 4) is 0 Å². The average Bonchev–Trinajstić information content (AvgIpc) is 2.46. The lowest BCUT2D eigenvalue weighted by atomic mass is 10.2. The highest BCUT2D eigenvalue weighted by Crippen LogP contribution is 2.24. The van der Waals surface area contributed by atoms with Gasteiger partial charge in [-0.3, -0.25) is 5.43 Å². The SMILES string of the molecule is Cc1ccc(NC(=S)NN=Cc2cccc(Cl)c2Cl)cc1. The van der Waals surface area contributed by atoms with Crippen molar-refractivity contribution >= 4 is 52.4 Å². The lowest BCUT2D eigenvalue weighted by molar-refractivity contribution is 1.05. The lowest BCUT2D eigenvalue weighted by Crippen LogP contribution is -2.23. The van der Waals surface area contributed by atoms with Gasteiger partial charge in [0.2, 0.25) is 0 Å². The molecule has 108 valence electrons. The Morgan fingerprint density at radius 2 is 1.86 bits per heavy atom. The van der Waals surface area contributed by atoms with Crippen molar-refractivity contribution in [2.75, 3.05) is 5.32 Å². The number of nitrogens with one attached hydrogen (secondary N) is 2. The summed E-state index contributed by atoms with van der Waals surface area (Å²) < 4.78 is 0. The molecular formula is C15H13Cl2N3S. The Kier molecular flexibility index (Phi) is 5.56. The minimum Gasteiger partial charge on any atom is -0.331 e. The van der Waals surface area contributed by atoms with Gasteiger partial charge in [-0.1, -0.05) is 53.0 Å². The maximum absolute atomic E-state index is 6.05. The highest BCUT2D eigenvalue weighted by molar-refractivity contribution is 7.80. The quantitative estimate of drug-likeness (QED) is 0.487. The third-order valence-corrected chi connectivity index (χ3v) is 3.69. The van der Waals surface area contributed by atoms with Crippen LogP contribution in [0.4, 0.5) is 5.69 Å². The lowest BCUT2D eigenvalue weighted by Gasteiger charge is -2.07. The Balaban J connectivity index is 1.93. The van der Waals surface area contributed by atoms with Gasteiger partial charge in [-0.15, -0.1) is 0 Å². The van der Waals surface area contributed by atoms with Gasteiger partial charge in [0.1, 0.15) is 0 Å². The molecule has 2 aromatic rings. The zero-order chi connectivity index (χ0) is 15.2. The van der Waals surface area contributed by atoms with Crippen molar-refractivity contribution in [1.29, 1.82) is 0 Å². The van der Waals surface area contributed by atoms with E-state index >= 15 is 0 Å². The molecule has 0 saturated heterocycles. The predicted molar refractivity (Wildman–Crippen MR) is 94.6 cm³/mol. The molecule has 0 aliphatic carbocycles. The van der Waals surface area contributed by atoms with Crippen LogP contribution in [0.15, 0.2) is 47.6 Å². The van der Waals surface area contributed by atoms with E-state index in [-0.39, 0.29) is 0 Å². The molecule has 2 N–H and O–H groups in total. The summed E-state index contributed by atoms with van der Waals surface area (Å²) >= 11 is 17.1. The number of nitrogens with zero attached hydrogens (tertiary/aromatic N) is 1. The Morgan fingerprint density at radius 1 is 1.14 bits per heavy atom. The summed E-state index contributed by atoms with van der Waals surface area (Å²) in [6.45, 7) is 2.03. The molecule has 3 nitrogen and oxygen atoms in total. The Hall–Kier alpha value is -1.62. The first-order chi connectivity index (χ1) is 10.1. The van der Waals surface area contributed by atoms with Crippen molar-refractivity contribution < 1.29 is 0 Å². The number of thiocarbonyl (C=S) groups is 1. The molecule has 0 unspecified atom stereocenters. The fourth-order valence-electron chi connectivity index (χ4n) is 1.58. The van der Waals surface area contributed by atoms with E-state index in [4.69, 9.17) is 35.4 Å². The molecule has 0 saturated carbocycles. The minimum atomic E-state index is 0.397. The van der Waals surface area contributed by atoms with E-state index in [0.717, 1.165) is 11.3 Å². The van der Waals surface area contributed by atoms with E-state index in [1.165, 1.54) is 5.56 Å². The van der Waals surface area contributed by atoms with E-state index in [2.05, 4.69) is 15.8 Å². The summed E-state index contributed by atoms with van der Waals surface area (Å²) in [7, 11) is 0. The van der Waals surface area contributed by atoms with Crippen LogP contribution in [0.3, 0.4) is 0 Å². The number of hydrogen-bond acceptors (Lipinski definition) is 2. The Labute approximate surface area is 139 Å². The number of hydrogen-bond donors (Lipinski definition) is 2. The van der Waals surface area contributed by atoms with Gasteiger partial charge in [-0.05, 0) is 37.3 Å². The third kappa shape index (κ3) is 4.70. The fraction of sp³-hybridized carbons (Fsp3) is 0.0667. The molecule has 0 atom stereocenters. The average molecular weight is 338 g/mol. The highest BCUT2D eigenvalue weighted by atomic mass is 35.5. The van der Waals surface area contributed by atoms with Gasteiger partial charge in [-0.25, -0.2) is 0 Å². The van der Waals surface area contributed by atoms with Crippen LogP contribution < -0.4 is 10.7 Å². The van der Waals surface area contributed by atoms with E-state index in [9.17, 15) is 0 Å². The van der Waals surface area contributed by atoms with Crippen LogP contribution in [0.2, 0.25) is 10.0 Å². The smallest absolute Gasteiger partial charge is 0.191 e. The molecule has 0 fully saturated rings. The van der Waals surface area contributed by atoms with Gasteiger partial charge >= 0.3 is 0 Å². The first kappa shape index (κ1) is 15.8. The van der Waals surface area contributed by atoms with Crippen LogP contribution in [0.1, 0.15) is 11.1 Å². The van der Waals surface area contributed by atoms with E-state index < -0.39 is 0 Å². The van der Waals surface area contributed by atoms with Crippen LogP contribution in [0.25, 0.3) is 0 Å². The van der Waals surface area contributed by atoms with Crippen molar-refractivity contribution in [2.24, 2.45) is 5.10 Å². The monoisotopic (exact) mass is 337 g/mol. The van der Waals surface area contributed by atoms with Crippen molar-refractivity contribution in [1.82, 2.24) is 5.43 Å². The van der Waals surface area contributed by atoms with Crippen LogP contribution >= 0.6 is 35.4 Å². The summed E-state index contributed by atoms with van der Waals surface area (Å²) in [6.07, 6.45) is 1.57. The molecule has 0 amide bonds. The summed E-state index contributed by atoms with van der Waals surface area (Å²) in [5.74, 6) is 0. The molecular weight excluding hydrogens is 325 g/mol. The number of aryl methyl sites for hydroxylation is 1. The second-order valence-electron chi connectivity index (χ2n) is 4.33.